The number of aromatic nitrogens is 1. The lowest BCUT2D eigenvalue weighted by molar-refractivity contribution is 1.12. The Morgan fingerprint density at radius 1 is 1.24 bits per heavy atom. The summed E-state index contributed by atoms with van der Waals surface area (Å²) in [7, 11) is 0. The van der Waals surface area contributed by atoms with Gasteiger partial charge in [0.2, 0.25) is 0 Å². The van der Waals surface area contributed by atoms with Crippen molar-refractivity contribution >= 4 is 5.71 Å². The molecular weight excluding hydrogens is 208 g/mol. The van der Waals surface area contributed by atoms with Crippen LogP contribution in [-0.4, -0.2) is 17.2 Å². The summed E-state index contributed by atoms with van der Waals surface area (Å²) in [5, 5.41) is 0. The van der Waals surface area contributed by atoms with Gasteiger partial charge in [-0.3, -0.25) is 9.98 Å². The fourth-order valence-corrected chi connectivity index (χ4v) is 1.06. The van der Waals surface area contributed by atoms with Crippen LogP contribution in [0.5, 0.6) is 0 Å². The molecule has 0 unspecified atom stereocenters. The fourth-order valence-electron chi connectivity index (χ4n) is 1.06. The lowest BCUT2D eigenvalue weighted by atomic mass is 10.2. The number of hydrogen-bond donors (Lipinski definition) is 0. The van der Waals surface area contributed by atoms with Crippen LogP contribution in [0.3, 0.4) is 0 Å². The van der Waals surface area contributed by atoms with E-state index in [1.165, 1.54) is 0 Å². The van der Waals surface area contributed by atoms with Gasteiger partial charge in [0.1, 0.15) is 0 Å². The van der Waals surface area contributed by atoms with Crippen molar-refractivity contribution in [3.05, 3.63) is 42.2 Å². The lowest BCUT2D eigenvalue weighted by Crippen LogP contribution is -1.99. The quantitative estimate of drug-likeness (QED) is 0.706. The molecule has 2 nitrogen and oxygen atoms in total. The van der Waals surface area contributed by atoms with Crippen molar-refractivity contribution in [2.45, 2.75) is 41.5 Å². The van der Waals surface area contributed by atoms with E-state index in [1.54, 1.807) is 6.20 Å². The molecule has 0 saturated heterocycles. The number of allylic oxidation sites excluding steroid dienone is 2. The van der Waals surface area contributed by atoms with Gasteiger partial charge in [0, 0.05) is 12.7 Å². The van der Waals surface area contributed by atoms with Gasteiger partial charge in [0.05, 0.1) is 11.4 Å². The molecule has 0 spiro atoms. The maximum atomic E-state index is 4.35. The highest BCUT2D eigenvalue weighted by Crippen LogP contribution is 1.98. The molecular formula is C15H26N2. The lowest BCUT2D eigenvalue weighted by Gasteiger charge is -1.98. The minimum Gasteiger partial charge on any atom is -0.283 e. The van der Waals surface area contributed by atoms with E-state index in [1.807, 2.05) is 71.9 Å². The highest BCUT2D eigenvalue weighted by atomic mass is 14.8. The van der Waals surface area contributed by atoms with Gasteiger partial charge in [0.15, 0.2) is 0 Å². The highest BCUT2D eigenvalue weighted by molar-refractivity contribution is 6.07. The summed E-state index contributed by atoms with van der Waals surface area (Å²) < 4.78 is 0. The van der Waals surface area contributed by atoms with Crippen LogP contribution in [0, 0.1) is 0 Å². The van der Waals surface area contributed by atoms with E-state index in [2.05, 4.69) is 9.98 Å². The Hall–Kier alpha value is -1.44. The molecule has 1 rings (SSSR count). The average molecular weight is 234 g/mol. The molecule has 0 N–H and O–H groups in total. The molecule has 0 fully saturated rings. The van der Waals surface area contributed by atoms with Gasteiger partial charge in [-0.1, -0.05) is 39.8 Å². The van der Waals surface area contributed by atoms with Gasteiger partial charge in [-0.25, -0.2) is 0 Å². The number of aliphatic imine (C=N–C) groups is 1. The first kappa shape index (κ1) is 17.9. The van der Waals surface area contributed by atoms with Crippen LogP contribution < -0.4 is 0 Å². The predicted octanol–water partition coefficient (Wildman–Crippen LogP) is 4.52. The molecule has 0 atom stereocenters. The summed E-state index contributed by atoms with van der Waals surface area (Å²) in [5.41, 5.74) is 1.88. The Morgan fingerprint density at radius 3 is 2.29 bits per heavy atom. The molecule has 0 aliphatic heterocycles. The first-order valence-electron chi connectivity index (χ1n) is 6.47. The van der Waals surface area contributed by atoms with Gasteiger partial charge in [-0.05, 0) is 32.1 Å². The number of pyridine rings is 1. The smallest absolute Gasteiger partial charge is 0.0881 e. The van der Waals surface area contributed by atoms with E-state index < -0.39 is 0 Å². The van der Waals surface area contributed by atoms with Crippen molar-refractivity contribution in [1.29, 1.82) is 0 Å². The zero-order valence-corrected chi connectivity index (χ0v) is 12.1. The monoisotopic (exact) mass is 234 g/mol. The van der Waals surface area contributed by atoms with Crippen LogP contribution in [0.1, 0.15) is 47.2 Å². The molecule has 0 saturated carbocycles. The van der Waals surface area contributed by atoms with Gasteiger partial charge in [-0.2, -0.15) is 0 Å². The van der Waals surface area contributed by atoms with Crippen molar-refractivity contribution in [2.24, 2.45) is 4.99 Å². The topological polar surface area (TPSA) is 25.2 Å². The first-order chi connectivity index (χ1) is 8.38. The highest BCUT2D eigenvalue weighted by Gasteiger charge is 1.97. The predicted molar refractivity (Wildman–Crippen MR) is 78.8 cm³/mol. The summed E-state index contributed by atoms with van der Waals surface area (Å²) >= 11 is 0. The minimum absolute atomic E-state index is 0.788. The normalized spacial score (nSPS) is 10.1. The average Bonchev–Trinajstić information content (AvgIpc) is 2.44. The van der Waals surface area contributed by atoms with Gasteiger partial charge < -0.3 is 0 Å². The van der Waals surface area contributed by atoms with Crippen LogP contribution in [0.4, 0.5) is 0 Å². The Labute approximate surface area is 107 Å². The van der Waals surface area contributed by atoms with Crippen LogP contribution in [-0.2, 0) is 0 Å². The molecule has 0 bridgehead atoms. The third-order valence-corrected chi connectivity index (χ3v) is 1.58. The summed E-state index contributed by atoms with van der Waals surface area (Å²) in [6.45, 7) is 12.8. The SMILES string of the molecule is C/C=C\C(=NCC)c1ccccn1.CC.CC. The molecule has 0 aromatic carbocycles. The third kappa shape index (κ3) is 8.38. The molecule has 1 aromatic heterocycles. The number of rotatable bonds is 3. The number of hydrogen-bond acceptors (Lipinski definition) is 2. The van der Waals surface area contributed by atoms with Crippen molar-refractivity contribution in [1.82, 2.24) is 4.98 Å². The summed E-state index contributed by atoms with van der Waals surface area (Å²) in [6, 6.07) is 5.84. The van der Waals surface area contributed by atoms with Gasteiger partial charge in [0.25, 0.3) is 0 Å². The molecule has 1 aromatic rings. The first-order valence-corrected chi connectivity index (χ1v) is 6.47. The maximum Gasteiger partial charge on any atom is 0.0881 e. The maximum absolute atomic E-state index is 4.35. The van der Waals surface area contributed by atoms with E-state index >= 15 is 0 Å². The van der Waals surface area contributed by atoms with Crippen molar-refractivity contribution in [3.8, 4) is 0 Å². The Balaban J connectivity index is 0. The second-order valence-corrected chi connectivity index (χ2v) is 2.57. The summed E-state index contributed by atoms with van der Waals surface area (Å²) in [4.78, 5) is 8.59. The van der Waals surface area contributed by atoms with Crippen LogP contribution in [0.25, 0.3) is 0 Å². The van der Waals surface area contributed by atoms with E-state index in [0.29, 0.717) is 0 Å². The Bertz CT molecular complexity index is 300. The van der Waals surface area contributed by atoms with E-state index in [9.17, 15) is 0 Å². The largest absolute Gasteiger partial charge is 0.283 e. The second kappa shape index (κ2) is 14.6. The molecule has 96 valence electrons. The zero-order chi connectivity index (χ0) is 13.5. The van der Waals surface area contributed by atoms with E-state index in [-0.39, 0.29) is 0 Å². The fraction of sp³-hybridized carbons (Fsp3) is 0.467. The van der Waals surface area contributed by atoms with Gasteiger partial charge in [-0.15, -0.1) is 0 Å². The number of nitrogens with zero attached hydrogens (tertiary/aromatic N) is 2. The van der Waals surface area contributed by atoms with Crippen molar-refractivity contribution in [2.75, 3.05) is 6.54 Å². The van der Waals surface area contributed by atoms with E-state index in [4.69, 9.17) is 0 Å². The Morgan fingerprint density at radius 2 is 1.88 bits per heavy atom. The van der Waals surface area contributed by atoms with Crippen LogP contribution in [0.2, 0.25) is 0 Å². The van der Waals surface area contributed by atoms with Crippen LogP contribution >= 0.6 is 0 Å². The van der Waals surface area contributed by atoms with Crippen molar-refractivity contribution < 1.29 is 0 Å². The molecule has 17 heavy (non-hydrogen) atoms. The molecule has 0 aliphatic rings. The summed E-state index contributed by atoms with van der Waals surface area (Å²) in [5.74, 6) is 0. The minimum atomic E-state index is 0.788. The molecule has 0 radical (unpaired) electrons. The molecule has 1 heterocycles. The molecule has 0 aliphatic carbocycles. The Kier molecular flexibility index (Phi) is 15.4. The standard InChI is InChI=1S/C11H14N2.2C2H6/c1-3-7-10(12-4-2)11-8-5-6-9-13-11;2*1-2/h3,5-9H,4H2,1-2H3;2*1-2H3/b7-3-,12-10?;;. The van der Waals surface area contributed by atoms with Crippen molar-refractivity contribution in [3.63, 3.8) is 0 Å². The zero-order valence-electron chi connectivity index (χ0n) is 12.1. The third-order valence-electron chi connectivity index (χ3n) is 1.58. The van der Waals surface area contributed by atoms with E-state index in [0.717, 1.165) is 18.0 Å². The van der Waals surface area contributed by atoms with Gasteiger partial charge >= 0.3 is 0 Å². The molecule has 0 amide bonds. The molecule has 2 heteroatoms. The van der Waals surface area contributed by atoms with Crippen LogP contribution in [0.15, 0.2) is 41.5 Å². The second-order valence-electron chi connectivity index (χ2n) is 2.57. The summed E-state index contributed by atoms with van der Waals surface area (Å²) in [6.07, 6.45) is 5.74.